The molecule has 0 radical (unpaired) electrons. The molecule has 0 saturated carbocycles. The average Bonchev–Trinajstić information content (AvgIpc) is 2.15. The largest absolute Gasteiger partial charge is 0.481 e. The van der Waals surface area contributed by atoms with Crippen LogP contribution >= 0.6 is 11.6 Å². The summed E-state index contributed by atoms with van der Waals surface area (Å²) >= 11 is 5.69. The summed E-state index contributed by atoms with van der Waals surface area (Å²) in [5.74, 6) is 4.81. The normalized spacial score (nSPS) is 8.93. The lowest BCUT2D eigenvalue weighted by Gasteiger charge is -1.89. The molecule has 0 heterocycles. The highest BCUT2D eigenvalue weighted by Crippen LogP contribution is 2.08. The number of halogens is 1. The minimum atomic E-state index is -0.824. The minimum absolute atomic E-state index is 0.0839. The summed E-state index contributed by atoms with van der Waals surface area (Å²) < 4.78 is 0. The molecule has 0 unspecified atom stereocenters. The first-order valence-electron chi connectivity index (χ1n) is 4.15. The molecular formula is C11H9ClO2. The van der Waals surface area contributed by atoms with Crippen molar-refractivity contribution in [2.24, 2.45) is 0 Å². The van der Waals surface area contributed by atoms with Gasteiger partial charge < -0.3 is 5.11 Å². The maximum absolute atomic E-state index is 10.2. The predicted molar refractivity (Wildman–Crippen MR) is 55.2 cm³/mol. The molecule has 0 saturated heterocycles. The second-order valence-electron chi connectivity index (χ2n) is 2.70. The third-order valence-electron chi connectivity index (χ3n) is 1.54. The van der Waals surface area contributed by atoms with E-state index in [9.17, 15) is 4.79 Å². The van der Waals surface area contributed by atoms with Crippen LogP contribution in [0.2, 0.25) is 5.02 Å². The molecule has 0 atom stereocenters. The lowest BCUT2D eigenvalue weighted by molar-refractivity contribution is -0.136. The van der Waals surface area contributed by atoms with Gasteiger partial charge in [0.05, 0.1) is 6.42 Å². The first-order chi connectivity index (χ1) is 6.68. The van der Waals surface area contributed by atoms with Crippen LogP contribution in [0.4, 0.5) is 0 Å². The van der Waals surface area contributed by atoms with Crippen molar-refractivity contribution in [1.82, 2.24) is 0 Å². The van der Waals surface area contributed by atoms with E-state index in [0.717, 1.165) is 5.56 Å². The average molecular weight is 209 g/mol. The molecule has 0 aliphatic rings. The molecule has 72 valence electrons. The molecule has 0 aromatic heterocycles. The summed E-state index contributed by atoms with van der Waals surface area (Å²) in [6.07, 6.45) is 0.457. The molecule has 0 amide bonds. The summed E-state index contributed by atoms with van der Waals surface area (Å²) in [6.45, 7) is 0. The van der Waals surface area contributed by atoms with E-state index in [0.29, 0.717) is 11.4 Å². The summed E-state index contributed by atoms with van der Waals surface area (Å²) in [5, 5.41) is 9.03. The zero-order chi connectivity index (χ0) is 10.4. The quantitative estimate of drug-likeness (QED) is 0.759. The van der Waals surface area contributed by atoms with Gasteiger partial charge in [-0.1, -0.05) is 23.4 Å². The lowest BCUT2D eigenvalue weighted by atomic mass is 10.2. The molecule has 0 aliphatic heterocycles. The van der Waals surface area contributed by atoms with E-state index in [2.05, 4.69) is 11.8 Å². The molecule has 0 aliphatic carbocycles. The Morgan fingerprint density at radius 3 is 2.57 bits per heavy atom. The fourth-order valence-corrected chi connectivity index (χ4v) is 0.993. The van der Waals surface area contributed by atoms with Gasteiger partial charge >= 0.3 is 5.97 Å². The Labute approximate surface area is 87.5 Å². The van der Waals surface area contributed by atoms with Crippen LogP contribution < -0.4 is 0 Å². The second-order valence-corrected chi connectivity index (χ2v) is 3.14. The van der Waals surface area contributed by atoms with Crippen molar-refractivity contribution >= 4 is 17.6 Å². The van der Waals surface area contributed by atoms with E-state index in [1.807, 2.05) is 0 Å². The van der Waals surface area contributed by atoms with Gasteiger partial charge in [0.25, 0.3) is 0 Å². The third kappa shape index (κ3) is 3.97. The highest BCUT2D eigenvalue weighted by atomic mass is 35.5. The smallest absolute Gasteiger partial charge is 0.304 e. The number of hydrogen-bond acceptors (Lipinski definition) is 1. The Morgan fingerprint density at radius 1 is 1.36 bits per heavy atom. The minimum Gasteiger partial charge on any atom is -0.481 e. The highest BCUT2D eigenvalue weighted by molar-refractivity contribution is 6.30. The predicted octanol–water partition coefficient (Wildman–Crippen LogP) is 2.56. The third-order valence-corrected chi connectivity index (χ3v) is 1.79. The number of carboxylic acid groups (broad SMARTS) is 1. The van der Waals surface area contributed by atoms with Crippen molar-refractivity contribution in [2.75, 3.05) is 0 Å². The first-order valence-corrected chi connectivity index (χ1v) is 4.52. The Kier molecular flexibility index (Phi) is 4.03. The van der Waals surface area contributed by atoms with Crippen molar-refractivity contribution in [3.63, 3.8) is 0 Å². The summed E-state index contributed by atoms with van der Waals surface area (Å²) in [4.78, 5) is 10.2. The molecule has 1 aromatic rings. The van der Waals surface area contributed by atoms with Gasteiger partial charge in [-0.05, 0) is 24.3 Å². The Hall–Kier alpha value is -1.46. The van der Waals surface area contributed by atoms with Crippen LogP contribution in [0.15, 0.2) is 24.3 Å². The van der Waals surface area contributed by atoms with Gasteiger partial charge in [-0.15, -0.1) is 0 Å². The van der Waals surface area contributed by atoms with Crippen LogP contribution in [-0.2, 0) is 4.79 Å². The highest BCUT2D eigenvalue weighted by Gasteiger charge is 1.91. The number of carboxylic acids is 1. The van der Waals surface area contributed by atoms with Crippen LogP contribution in [0, 0.1) is 11.8 Å². The summed E-state index contributed by atoms with van der Waals surface area (Å²) in [6, 6.07) is 7.11. The number of benzene rings is 1. The number of rotatable bonds is 2. The number of aliphatic carboxylic acids is 1. The van der Waals surface area contributed by atoms with Crippen molar-refractivity contribution < 1.29 is 9.90 Å². The molecule has 3 heteroatoms. The number of carbonyl (C=O) groups is 1. The molecule has 1 rings (SSSR count). The van der Waals surface area contributed by atoms with Gasteiger partial charge in [0.1, 0.15) is 0 Å². The van der Waals surface area contributed by atoms with E-state index < -0.39 is 5.97 Å². The monoisotopic (exact) mass is 208 g/mol. The lowest BCUT2D eigenvalue weighted by Crippen LogP contribution is -1.91. The van der Waals surface area contributed by atoms with Gasteiger partial charge in [-0.3, -0.25) is 4.79 Å². The molecule has 0 spiro atoms. The van der Waals surface area contributed by atoms with Crippen LogP contribution in [0.5, 0.6) is 0 Å². The summed E-state index contributed by atoms with van der Waals surface area (Å²) in [7, 11) is 0. The van der Waals surface area contributed by atoms with Crippen LogP contribution in [0.3, 0.4) is 0 Å². The fourth-order valence-electron chi connectivity index (χ4n) is 0.867. The molecule has 2 nitrogen and oxygen atoms in total. The van der Waals surface area contributed by atoms with Gasteiger partial charge in [0.2, 0.25) is 0 Å². The molecular weight excluding hydrogens is 200 g/mol. The molecule has 1 aromatic carbocycles. The van der Waals surface area contributed by atoms with E-state index in [1.54, 1.807) is 24.3 Å². The van der Waals surface area contributed by atoms with Crippen molar-refractivity contribution in [3.05, 3.63) is 34.9 Å². The summed E-state index contributed by atoms with van der Waals surface area (Å²) in [5.41, 5.74) is 0.847. The van der Waals surface area contributed by atoms with E-state index in [-0.39, 0.29) is 6.42 Å². The van der Waals surface area contributed by atoms with E-state index in [4.69, 9.17) is 16.7 Å². The standard InChI is InChI=1S/C11H9ClO2/c12-10-7-5-9(6-8-10)3-1-2-4-11(13)14/h5-8H,2,4H2,(H,13,14). The topological polar surface area (TPSA) is 37.3 Å². The van der Waals surface area contributed by atoms with Crippen LogP contribution in [0.25, 0.3) is 0 Å². The van der Waals surface area contributed by atoms with Gasteiger partial charge in [0, 0.05) is 17.0 Å². The van der Waals surface area contributed by atoms with Crippen molar-refractivity contribution in [2.45, 2.75) is 12.8 Å². The van der Waals surface area contributed by atoms with Crippen molar-refractivity contribution in [1.29, 1.82) is 0 Å². The molecule has 1 N–H and O–H groups in total. The van der Waals surface area contributed by atoms with E-state index >= 15 is 0 Å². The van der Waals surface area contributed by atoms with E-state index in [1.165, 1.54) is 0 Å². The second kappa shape index (κ2) is 5.31. The maximum atomic E-state index is 10.2. The number of hydrogen-bond donors (Lipinski definition) is 1. The Balaban J connectivity index is 2.51. The molecule has 14 heavy (non-hydrogen) atoms. The Morgan fingerprint density at radius 2 is 2.00 bits per heavy atom. The van der Waals surface area contributed by atoms with Gasteiger partial charge in [-0.25, -0.2) is 0 Å². The zero-order valence-corrected chi connectivity index (χ0v) is 8.21. The Bertz CT molecular complexity index is 371. The zero-order valence-electron chi connectivity index (χ0n) is 7.46. The van der Waals surface area contributed by atoms with Crippen LogP contribution in [0.1, 0.15) is 18.4 Å². The first kappa shape index (κ1) is 10.6. The molecule has 0 bridgehead atoms. The van der Waals surface area contributed by atoms with Crippen molar-refractivity contribution in [3.8, 4) is 11.8 Å². The molecule has 0 fully saturated rings. The SMILES string of the molecule is O=C(O)CCC#Cc1ccc(Cl)cc1. The maximum Gasteiger partial charge on any atom is 0.304 e. The van der Waals surface area contributed by atoms with Crippen LogP contribution in [-0.4, -0.2) is 11.1 Å². The fraction of sp³-hybridized carbons (Fsp3) is 0.182. The van der Waals surface area contributed by atoms with Gasteiger partial charge in [0.15, 0.2) is 0 Å². The van der Waals surface area contributed by atoms with Gasteiger partial charge in [-0.2, -0.15) is 0 Å².